The summed E-state index contributed by atoms with van der Waals surface area (Å²) in [5.41, 5.74) is -3.57. The zero-order valence-electron chi connectivity index (χ0n) is 23.5. The molecule has 1 aromatic heterocycles. The molecule has 3 heterocycles. The first-order chi connectivity index (χ1) is 21.0. The Bertz CT molecular complexity index is 1770. The molecule has 230 valence electrons. The van der Waals surface area contributed by atoms with Crippen molar-refractivity contribution in [2.75, 3.05) is 6.61 Å². The molecule has 1 N–H and O–H groups in total. The van der Waals surface area contributed by atoms with E-state index in [9.17, 15) is 31.9 Å². The van der Waals surface area contributed by atoms with Crippen LogP contribution in [0.15, 0.2) is 59.4 Å². The minimum atomic E-state index is -4.78. The molecule has 2 aliphatic rings. The molecular weight excluding hydrogens is 589 g/mol. The van der Waals surface area contributed by atoms with Gasteiger partial charge >= 0.3 is 12.1 Å². The minimum Gasteiger partial charge on any atom is -0.494 e. The molecule has 0 fully saturated rings. The van der Waals surface area contributed by atoms with Gasteiger partial charge in [-0.2, -0.15) is 18.3 Å². The first kappa shape index (κ1) is 30.6. The topological polar surface area (TPSA) is 116 Å². The van der Waals surface area contributed by atoms with Crippen LogP contribution in [-0.2, 0) is 16.5 Å². The van der Waals surface area contributed by atoms with Gasteiger partial charge in [0.2, 0.25) is 5.54 Å². The molecule has 0 amide bonds. The normalized spacial score (nSPS) is 13.2. The van der Waals surface area contributed by atoms with Crippen LogP contribution in [0.5, 0.6) is 5.75 Å². The molecule has 0 saturated heterocycles. The average Bonchev–Trinajstić information content (AvgIpc) is 3.65. The number of carboxylic acid groups (broad SMARTS) is 1. The second kappa shape index (κ2) is 12.0. The maximum Gasteiger partial charge on any atom is 0.417 e. The van der Waals surface area contributed by atoms with Crippen molar-refractivity contribution in [2.24, 2.45) is 0 Å². The van der Waals surface area contributed by atoms with Crippen LogP contribution in [0, 0.1) is 11.6 Å². The lowest BCUT2D eigenvalue weighted by Crippen LogP contribution is -2.44. The predicted molar refractivity (Wildman–Crippen MR) is 147 cm³/mol. The van der Waals surface area contributed by atoms with E-state index in [4.69, 9.17) is 9.26 Å². The fourth-order valence-electron chi connectivity index (χ4n) is 4.81. The second-order valence-corrected chi connectivity index (χ2v) is 10.0. The van der Waals surface area contributed by atoms with E-state index in [-0.39, 0.29) is 58.6 Å². The van der Waals surface area contributed by atoms with Crippen LogP contribution in [0.25, 0.3) is 34.0 Å². The molecule has 0 saturated carbocycles. The number of alkyl halides is 3. The van der Waals surface area contributed by atoms with Crippen LogP contribution in [0.3, 0.4) is 0 Å². The van der Waals surface area contributed by atoms with Gasteiger partial charge in [-0.25, -0.2) is 28.2 Å². The quantitative estimate of drug-likeness (QED) is 0.155. The third-order valence-electron chi connectivity index (χ3n) is 7.06. The SMILES string of the molecule is CCCCC(C(=O)O)(c1cc(-c2ccc(OCCC)cc2C(F)(F)F)no1)n1cc2nc(-c3cccc(F)c3F)nc-2cn1. The Labute approximate surface area is 247 Å². The lowest BCUT2D eigenvalue weighted by Gasteiger charge is -2.28. The Morgan fingerprint density at radius 3 is 2.48 bits per heavy atom. The Kier molecular flexibility index (Phi) is 8.35. The highest BCUT2D eigenvalue weighted by Gasteiger charge is 2.47. The number of carbonyl (C=O) groups is 1. The van der Waals surface area contributed by atoms with Crippen molar-refractivity contribution in [3.63, 3.8) is 0 Å². The molecule has 9 nitrogen and oxygen atoms in total. The van der Waals surface area contributed by atoms with Crippen LogP contribution in [0.1, 0.15) is 50.9 Å². The summed E-state index contributed by atoms with van der Waals surface area (Å²) in [4.78, 5) is 21.5. The molecule has 0 bridgehead atoms. The zero-order chi connectivity index (χ0) is 31.6. The lowest BCUT2D eigenvalue weighted by atomic mass is 9.89. The number of imidazole rings is 1. The van der Waals surface area contributed by atoms with Crippen LogP contribution in [0.2, 0.25) is 0 Å². The summed E-state index contributed by atoms with van der Waals surface area (Å²) in [6.45, 7) is 3.88. The van der Waals surface area contributed by atoms with E-state index in [1.54, 1.807) is 0 Å². The molecule has 1 atom stereocenters. The summed E-state index contributed by atoms with van der Waals surface area (Å²) < 4.78 is 82.4. The Morgan fingerprint density at radius 1 is 1.00 bits per heavy atom. The van der Waals surface area contributed by atoms with E-state index in [1.165, 1.54) is 36.7 Å². The Hall–Kier alpha value is -4.88. The number of carboxylic acids is 1. The monoisotopic (exact) mass is 615 g/mol. The van der Waals surface area contributed by atoms with Crippen LogP contribution < -0.4 is 4.74 Å². The highest BCUT2D eigenvalue weighted by molar-refractivity contribution is 5.81. The average molecular weight is 616 g/mol. The molecule has 0 aliphatic carbocycles. The van der Waals surface area contributed by atoms with Gasteiger partial charge < -0.3 is 14.4 Å². The van der Waals surface area contributed by atoms with Gasteiger partial charge in [-0.05, 0) is 43.2 Å². The van der Waals surface area contributed by atoms with Crippen LogP contribution >= 0.6 is 0 Å². The van der Waals surface area contributed by atoms with Crippen molar-refractivity contribution < 1.29 is 41.1 Å². The van der Waals surface area contributed by atoms with Gasteiger partial charge in [0.1, 0.15) is 22.8 Å². The molecule has 44 heavy (non-hydrogen) atoms. The number of aliphatic carboxylic acids is 1. The number of benzene rings is 2. The lowest BCUT2D eigenvalue weighted by molar-refractivity contribution is -0.147. The van der Waals surface area contributed by atoms with Gasteiger partial charge in [0.15, 0.2) is 23.2 Å². The summed E-state index contributed by atoms with van der Waals surface area (Å²) in [6, 6.07) is 8.10. The van der Waals surface area contributed by atoms with Gasteiger partial charge in [0, 0.05) is 11.6 Å². The van der Waals surface area contributed by atoms with Crippen LogP contribution in [0.4, 0.5) is 22.0 Å². The third-order valence-corrected chi connectivity index (χ3v) is 7.06. The highest BCUT2D eigenvalue weighted by Crippen LogP contribution is 2.41. The van der Waals surface area contributed by atoms with Gasteiger partial charge in [-0.15, -0.1) is 0 Å². The molecule has 0 radical (unpaired) electrons. The Balaban J connectivity index is 1.62. The highest BCUT2D eigenvalue weighted by atomic mass is 19.4. The number of aromatic nitrogens is 5. The number of hydrogen-bond acceptors (Lipinski definition) is 7. The molecule has 1 unspecified atom stereocenters. The fourth-order valence-corrected chi connectivity index (χ4v) is 4.81. The summed E-state index contributed by atoms with van der Waals surface area (Å²) in [7, 11) is 0. The maximum atomic E-state index is 14.4. The molecule has 3 aromatic rings. The Morgan fingerprint density at radius 2 is 1.77 bits per heavy atom. The van der Waals surface area contributed by atoms with Gasteiger partial charge in [-0.1, -0.05) is 37.9 Å². The molecule has 2 aromatic carbocycles. The largest absolute Gasteiger partial charge is 0.494 e. The second-order valence-electron chi connectivity index (χ2n) is 10.0. The number of ether oxygens (including phenoxy) is 1. The van der Waals surface area contributed by atoms with E-state index in [1.807, 2.05) is 13.8 Å². The van der Waals surface area contributed by atoms with Gasteiger partial charge in [0.05, 0.1) is 30.1 Å². The number of unbranched alkanes of at least 4 members (excludes halogenated alkanes) is 1. The summed E-state index contributed by atoms with van der Waals surface area (Å²) in [6.07, 6.45) is -0.860. The summed E-state index contributed by atoms with van der Waals surface area (Å²) >= 11 is 0. The van der Waals surface area contributed by atoms with Crippen molar-refractivity contribution in [1.82, 2.24) is 24.9 Å². The van der Waals surface area contributed by atoms with E-state index in [0.717, 1.165) is 22.9 Å². The third kappa shape index (κ3) is 5.58. The number of hydrogen-bond donors (Lipinski definition) is 1. The first-order valence-electron chi connectivity index (χ1n) is 13.7. The zero-order valence-corrected chi connectivity index (χ0v) is 23.5. The smallest absolute Gasteiger partial charge is 0.417 e. The minimum absolute atomic E-state index is 0.0239. The molecular formula is C30H26F5N5O4. The summed E-state index contributed by atoms with van der Waals surface area (Å²) in [5, 5.41) is 18.7. The first-order valence-corrected chi connectivity index (χ1v) is 13.7. The van der Waals surface area contributed by atoms with E-state index in [2.05, 4.69) is 20.2 Å². The number of fused-ring (bicyclic) bond motifs is 1. The standard InChI is InChI=1S/C30H26F5N5O4/c1-3-5-11-29(28(41)42,40-16-24-23(15-36-40)37-27(38-24)19-7-6-8-21(31)26(19)32)25-14-22(39-44-25)18-10-9-17(43-12-4-2)13-20(18)30(33,34)35/h6-10,13-16H,3-5,11-12H2,1-2H3,(H,41,42). The molecule has 14 heteroatoms. The van der Waals surface area contributed by atoms with Crippen molar-refractivity contribution in [2.45, 2.75) is 51.2 Å². The van der Waals surface area contributed by atoms with E-state index >= 15 is 0 Å². The van der Waals surface area contributed by atoms with Crippen molar-refractivity contribution in [3.8, 4) is 39.8 Å². The van der Waals surface area contributed by atoms with Crippen LogP contribution in [-0.4, -0.2) is 42.6 Å². The van der Waals surface area contributed by atoms with Gasteiger partial charge in [-0.3, -0.25) is 0 Å². The van der Waals surface area contributed by atoms with E-state index in [0.29, 0.717) is 19.3 Å². The fraction of sp³-hybridized carbons (Fsp3) is 0.300. The predicted octanol–water partition coefficient (Wildman–Crippen LogP) is 7.20. The number of halogens is 5. The van der Waals surface area contributed by atoms with Crippen molar-refractivity contribution in [3.05, 3.63) is 77.8 Å². The number of rotatable bonds is 11. The molecule has 5 rings (SSSR count). The van der Waals surface area contributed by atoms with E-state index < -0.39 is 34.9 Å². The molecule has 2 aliphatic heterocycles. The maximum absolute atomic E-state index is 14.4. The van der Waals surface area contributed by atoms with Gasteiger partial charge in [0.25, 0.3) is 0 Å². The van der Waals surface area contributed by atoms with Crippen molar-refractivity contribution in [1.29, 1.82) is 0 Å². The number of nitrogens with zero attached hydrogens (tertiary/aromatic N) is 5. The molecule has 0 spiro atoms. The summed E-state index contributed by atoms with van der Waals surface area (Å²) in [5.74, 6) is -4.05. The van der Waals surface area contributed by atoms with Crippen molar-refractivity contribution >= 4 is 5.97 Å².